The summed E-state index contributed by atoms with van der Waals surface area (Å²) in [5, 5.41) is 3.08. The molecule has 0 aromatic heterocycles. The Hall–Kier alpha value is -2.45. The third kappa shape index (κ3) is 6.54. The van der Waals surface area contributed by atoms with Crippen molar-refractivity contribution in [2.75, 3.05) is 30.8 Å². The van der Waals surface area contributed by atoms with Crippen LogP contribution in [0.3, 0.4) is 0 Å². The summed E-state index contributed by atoms with van der Waals surface area (Å²) in [5.74, 6) is 0.553. The minimum absolute atomic E-state index is 0.196. The Balaban J connectivity index is 2.07. The van der Waals surface area contributed by atoms with Crippen molar-refractivity contribution in [3.8, 4) is 11.5 Å². The van der Waals surface area contributed by atoms with E-state index in [-0.39, 0.29) is 18.3 Å². The summed E-state index contributed by atoms with van der Waals surface area (Å²) < 4.78 is 36.5. The van der Waals surface area contributed by atoms with Crippen LogP contribution in [-0.2, 0) is 14.8 Å². The maximum absolute atomic E-state index is 12.5. The van der Waals surface area contributed by atoms with E-state index in [4.69, 9.17) is 21.1 Å². The Kier molecular flexibility index (Phi) is 7.75. The van der Waals surface area contributed by atoms with Crippen LogP contribution in [0.4, 0.5) is 5.69 Å². The van der Waals surface area contributed by atoms with Gasteiger partial charge in [0.15, 0.2) is 0 Å². The first-order valence-corrected chi connectivity index (χ1v) is 11.1. The average molecular weight is 441 g/mol. The summed E-state index contributed by atoms with van der Waals surface area (Å²) >= 11 is 6.01. The number of rotatable bonds is 9. The number of aryl methyl sites for hydroxylation is 1. The number of carbonyl (C=O) groups excluding carboxylic acids is 1. The zero-order chi connectivity index (χ0) is 21.6. The third-order valence-corrected chi connectivity index (χ3v) is 5.45. The second kappa shape index (κ2) is 9.84. The van der Waals surface area contributed by atoms with Crippen molar-refractivity contribution in [2.24, 2.45) is 0 Å². The van der Waals surface area contributed by atoms with E-state index in [9.17, 15) is 13.2 Å². The van der Waals surface area contributed by atoms with Gasteiger partial charge in [-0.15, -0.1) is 0 Å². The monoisotopic (exact) mass is 440 g/mol. The number of hydrogen-bond donors (Lipinski definition) is 1. The van der Waals surface area contributed by atoms with Crippen LogP contribution in [0.5, 0.6) is 11.5 Å². The molecular weight excluding hydrogens is 416 g/mol. The fraction of sp³-hybridized carbons (Fsp3) is 0.350. The Morgan fingerprint density at radius 3 is 2.52 bits per heavy atom. The molecule has 1 N–H and O–H groups in total. The lowest BCUT2D eigenvalue weighted by Crippen LogP contribution is -2.45. The molecular formula is C20H25ClN2O5S. The minimum Gasteiger partial charge on any atom is -0.495 e. The summed E-state index contributed by atoms with van der Waals surface area (Å²) in [6, 6.07) is 11.8. The molecule has 0 aliphatic heterocycles. The first-order valence-electron chi connectivity index (χ1n) is 8.91. The molecule has 0 bridgehead atoms. The molecule has 1 amide bonds. The van der Waals surface area contributed by atoms with E-state index in [1.54, 1.807) is 19.1 Å². The Morgan fingerprint density at radius 2 is 1.90 bits per heavy atom. The molecule has 9 heteroatoms. The fourth-order valence-corrected chi connectivity index (χ4v) is 3.68. The SMILES string of the molecule is COc1ccc(Cl)cc1N(CC(=O)NC(C)COc1ccccc1C)S(C)(=O)=O. The average Bonchev–Trinajstić information content (AvgIpc) is 2.64. The van der Waals surface area contributed by atoms with Gasteiger partial charge in [0.2, 0.25) is 15.9 Å². The Bertz CT molecular complexity index is 965. The number of para-hydroxylation sites is 1. The highest BCUT2D eigenvalue weighted by atomic mass is 35.5. The van der Waals surface area contributed by atoms with E-state index in [2.05, 4.69) is 5.32 Å². The smallest absolute Gasteiger partial charge is 0.241 e. The molecule has 0 spiro atoms. The van der Waals surface area contributed by atoms with Gasteiger partial charge in [-0.25, -0.2) is 8.42 Å². The van der Waals surface area contributed by atoms with Crippen molar-refractivity contribution >= 4 is 33.2 Å². The molecule has 2 aromatic rings. The van der Waals surface area contributed by atoms with Gasteiger partial charge in [-0.3, -0.25) is 9.10 Å². The first-order chi connectivity index (χ1) is 13.6. The molecule has 2 aromatic carbocycles. The predicted octanol–water partition coefficient (Wildman–Crippen LogP) is 3.01. The molecule has 0 aliphatic carbocycles. The number of nitrogens with zero attached hydrogens (tertiary/aromatic N) is 1. The van der Waals surface area contributed by atoms with Gasteiger partial charge in [-0.05, 0) is 43.7 Å². The number of carbonyl (C=O) groups is 1. The van der Waals surface area contributed by atoms with Gasteiger partial charge in [0.1, 0.15) is 24.7 Å². The normalized spacial score (nSPS) is 12.2. The van der Waals surface area contributed by atoms with Crippen LogP contribution < -0.4 is 19.1 Å². The van der Waals surface area contributed by atoms with Crippen molar-refractivity contribution in [3.05, 3.63) is 53.1 Å². The molecule has 7 nitrogen and oxygen atoms in total. The highest BCUT2D eigenvalue weighted by molar-refractivity contribution is 7.92. The van der Waals surface area contributed by atoms with E-state index in [1.165, 1.54) is 13.2 Å². The van der Waals surface area contributed by atoms with Crippen molar-refractivity contribution in [2.45, 2.75) is 19.9 Å². The van der Waals surface area contributed by atoms with Gasteiger partial charge in [0.05, 0.1) is 25.1 Å². The van der Waals surface area contributed by atoms with Crippen LogP contribution in [0.1, 0.15) is 12.5 Å². The highest BCUT2D eigenvalue weighted by Gasteiger charge is 2.25. The number of methoxy groups -OCH3 is 1. The van der Waals surface area contributed by atoms with E-state index in [0.717, 1.165) is 21.9 Å². The molecule has 0 aliphatic rings. The van der Waals surface area contributed by atoms with E-state index >= 15 is 0 Å². The predicted molar refractivity (Wildman–Crippen MR) is 114 cm³/mol. The van der Waals surface area contributed by atoms with Gasteiger partial charge in [-0.2, -0.15) is 0 Å². The Labute approximate surface area is 176 Å². The van der Waals surface area contributed by atoms with E-state index < -0.39 is 22.5 Å². The van der Waals surface area contributed by atoms with Crippen molar-refractivity contribution < 1.29 is 22.7 Å². The molecule has 0 fully saturated rings. The number of nitrogens with one attached hydrogen (secondary N) is 1. The van der Waals surface area contributed by atoms with Crippen LogP contribution in [-0.4, -0.2) is 46.9 Å². The molecule has 0 heterocycles. The molecule has 1 atom stereocenters. The van der Waals surface area contributed by atoms with Crippen molar-refractivity contribution in [1.29, 1.82) is 0 Å². The molecule has 0 radical (unpaired) electrons. The number of halogens is 1. The lowest BCUT2D eigenvalue weighted by atomic mass is 10.2. The van der Waals surface area contributed by atoms with Crippen LogP contribution in [0.25, 0.3) is 0 Å². The number of amides is 1. The Morgan fingerprint density at radius 1 is 1.21 bits per heavy atom. The molecule has 1 unspecified atom stereocenters. The van der Waals surface area contributed by atoms with Gasteiger partial charge in [0, 0.05) is 5.02 Å². The lowest BCUT2D eigenvalue weighted by Gasteiger charge is -2.25. The lowest BCUT2D eigenvalue weighted by molar-refractivity contribution is -0.120. The zero-order valence-electron chi connectivity index (χ0n) is 16.8. The molecule has 2 rings (SSSR count). The largest absolute Gasteiger partial charge is 0.495 e. The van der Waals surface area contributed by atoms with Gasteiger partial charge in [-0.1, -0.05) is 29.8 Å². The summed E-state index contributed by atoms with van der Waals surface area (Å²) in [4.78, 5) is 12.5. The summed E-state index contributed by atoms with van der Waals surface area (Å²) in [6.07, 6.45) is 1.02. The van der Waals surface area contributed by atoms with Crippen LogP contribution >= 0.6 is 11.6 Å². The number of ether oxygens (including phenoxy) is 2. The number of sulfonamides is 1. The van der Waals surface area contributed by atoms with Gasteiger partial charge >= 0.3 is 0 Å². The standard InChI is InChI=1S/C20H25ClN2O5S/c1-14-7-5-6-8-18(14)28-13-15(2)22-20(24)12-23(29(4,25)26)17-11-16(21)9-10-19(17)27-3/h5-11,15H,12-13H2,1-4H3,(H,22,24). The van der Waals surface area contributed by atoms with Crippen molar-refractivity contribution in [3.63, 3.8) is 0 Å². The topological polar surface area (TPSA) is 84.9 Å². The molecule has 158 valence electrons. The highest BCUT2D eigenvalue weighted by Crippen LogP contribution is 2.32. The first kappa shape index (κ1) is 22.8. The van der Waals surface area contributed by atoms with Gasteiger partial charge < -0.3 is 14.8 Å². The number of hydrogen-bond acceptors (Lipinski definition) is 5. The third-order valence-electron chi connectivity index (χ3n) is 4.09. The fourth-order valence-electron chi connectivity index (χ4n) is 2.66. The summed E-state index contributed by atoms with van der Waals surface area (Å²) in [6.45, 7) is 3.54. The maximum Gasteiger partial charge on any atom is 0.241 e. The molecule has 0 saturated carbocycles. The maximum atomic E-state index is 12.5. The molecule has 0 saturated heterocycles. The van der Waals surface area contributed by atoms with Crippen LogP contribution in [0, 0.1) is 6.92 Å². The van der Waals surface area contributed by atoms with E-state index in [0.29, 0.717) is 10.8 Å². The number of benzene rings is 2. The van der Waals surface area contributed by atoms with Crippen LogP contribution in [0.15, 0.2) is 42.5 Å². The summed E-state index contributed by atoms with van der Waals surface area (Å²) in [5.41, 5.74) is 1.18. The minimum atomic E-state index is -3.76. The van der Waals surface area contributed by atoms with Crippen molar-refractivity contribution in [1.82, 2.24) is 5.32 Å². The summed E-state index contributed by atoms with van der Waals surface area (Å²) in [7, 11) is -2.34. The molecule has 29 heavy (non-hydrogen) atoms. The second-order valence-corrected chi connectivity index (χ2v) is 8.97. The second-order valence-electron chi connectivity index (χ2n) is 6.63. The number of anilines is 1. The quantitative estimate of drug-likeness (QED) is 0.647. The van der Waals surface area contributed by atoms with Crippen LogP contribution in [0.2, 0.25) is 5.02 Å². The zero-order valence-corrected chi connectivity index (χ0v) is 18.4. The van der Waals surface area contributed by atoms with E-state index in [1.807, 2.05) is 31.2 Å². The van der Waals surface area contributed by atoms with Gasteiger partial charge in [0.25, 0.3) is 0 Å².